The van der Waals surface area contributed by atoms with Crippen LogP contribution in [0.5, 0.6) is 0 Å². The van der Waals surface area contributed by atoms with Gasteiger partial charge in [-0.1, -0.05) is 0 Å². The van der Waals surface area contributed by atoms with Crippen molar-refractivity contribution >= 4 is 11.9 Å². The largest absolute Gasteiger partial charge is 0.481 e. The first kappa shape index (κ1) is 42.5. The maximum atomic E-state index is 9.00. The Kier molecular flexibility index (Phi) is 112. The Labute approximate surface area is 79.8 Å². The number of hydrogen-bond acceptors (Lipinski definition) is 2. The fourth-order valence-electron chi connectivity index (χ4n) is 0. The normalized spacial score (nSPS) is 4.17. The van der Waals surface area contributed by atoms with E-state index < -0.39 is 11.9 Å². The van der Waals surface area contributed by atoms with Crippen molar-refractivity contribution in [2.45, 2.75) is 13.8 Å². The summed E-state index contributed by atoms with van der Waals surface area (Å²) in [6.07, 6.45) is 0. The Morgan fingerprint density at radius 1 is 0.833 bits per heavy atom. The van der Waals surface area contributed by atoms with E-state index in [0.717, 1.165) is 13.8 Å². The number of hydrogen-bond donors (Lipinski definition) is 2. The average molecular weight is 229 g/mol. The Bertz CT molecular complexity index is 73.4. The van der Waals surface area contributed by atoms with Crippen LogP contribution in [0.25, 0.3) is 0 Å². The zero-order valence-corrected chi connectivity index (χ0v) is 7.77. The zero-order valence-electron chi connectivity index (χ0n) is 6.59. The van der Waals surface area contributed by atoms with Gasteiger partial charge in [0.1, 0.15) is 0 Å². The molecule has 0 aromatic carbocycles. The second-order valence-electron chi connectivity index (χ2n) is 1.04. The van der Waals surface area contributed by atoms with E-state index in [0.29, 0.717) is 0 Å². The summed E-state index contributed by atoms with van der Waals surface area (Å²) in [7, 11) is 0. The van der Waals surface area contributed by atoms with Gasteiger partial charge in [-0.3, -0.25) is 9.59 Å². The fraction of sp³-hybridized carbons (Fsp3) is 0.500. The molecule has 8 N–H and O–H groups in total. The number of rotatable bonds is 0. The molecule has 0 aliphatic heterocycles. The van der Waals surface area contributed by atoms with Crippen molar-refractivity contribution in [3.63, 3.8) is 0 Å². The molecule has 7 nitrogen and oxygen atoms in total. The molecule has 0 aliphatic rings. The molecule has 0 aromatic heterocycles. The Balaban J connectivity index is -0.0000000112. The topological polar surface area (TPSA) is 169 Å². The van der Waals surface area contributed by atoms with Crippen LogP contribution in [0.3, 0.4) is 0 Å². The Morgan fingerprint density at radius 3 is 0.833 bits per heavy atom. The number of carbonyl (C=O) groups is 2. The van der Waals surface area contributed by atoms with Gasteiger partial charge in [-0.15, -0.1) is 0 Å². The maximum Gasteiger partial charge on any atom is 0.300 e. The molecule has 0 atom stereocenters. The van der Waals surface area contributed by atoms with Crippen LogP contribution in [0, 0.1) is 0 Å². The van der Waals surface area contributed by atoms with Crippen molar-refractivity contribution in [1.29, 1.82) is 0 Å². The molecule has 0 unspecified atom stereocenters. The summed E-state index contributed by atoms with van der Waals surface area (Å²) in [4.78, 5) is 18.0. The summed E-state index contributed by atoms with van der Waals surface area (Å²) >= 11 is 0. The van der Waals surface area contributed by atoms with Gasteiger partial charge in [-0.05, 0) is 0 Å². The number of carboxylic acids is 2. The second kappa shape index (κ2) is 31.6. The zero-order chi connectivity index (χ0) is 7.15. The minimum absolute atomic E-state index is 0. The van der Waals surface area contributed by atoms with E-state index in [2.05, 4.69) is 0 Å². The molecule has 0 aromatic rings. The van der Waals surface area contributed by atoms with Gasteiger partial charge in [0.25, 0.3) is 11.9 Å². The maximum absolute atomic E-state index is 9.00. The summed E-state index contributed by atoms with van der Waals surface area (Å²) in [5, 5.41) is 14.8. The van der Waals surface area contributed by atoms with Gasteiger partial charge < -0.3 is 26.6 Å². The van der Waals surface area contributed by atoms with Crippen LogP contribution in [0.4, 0.5) is 0 Å². The van der Waals surface area contributed by atoms with Crippen molar-refractivity contribution in [2.75, 3.05) is 0 Å². The molecule has 8 heteroatoms. The van der Waals surface area contributed by atoms with E-state index in [1.807, 2.05) is 0 Å². The van der Waals surface area contributed by atoms with Crippen LogP contribution in [-0.4, -0.2) is 38.6 Å². The summed E-state index contributed by atoms with van der Waals surface area (Å²) in [6.45, 7) is 2.17. The predicted molar refractivity (Wildman–Crippen MR) is 37.5 cm³/mol. The van der Waals surface area contributed by atoms with Crippen LogP contribution in [0.15, 0.2) is 0 Å². The van der Waals surface area contributed by atoms with Gasteiger partial charge in [-0.2, -0.15) is 0 Å². The van der Waals surface area contributed by atoms with E-state index in [1.165, 1.54) is 0 Å². The van der Waals surface area contributed by atoms with Crippen molar-refractivity contribution in [2.24, 2.45) is 0 Å². The second-order valence-corrected chi connectivity index (χ2v) is 1.04. The summed E-state index contributed by atoms with van der Waals surface area (Å²) < 4.78 is 0. The molecule has 0 bridgehead atoms. The third-order valence-electron chi connectivity index (χ3n) is 0. The van der Waals surface area contributed by atoms with Gasteiger partial charge >= 0.3 is 0 Å². The smallest absolute Gasteiger partial charge is 0.300 e. The van der Waals surface area contributed by atoms with E-state index in [9.17, 15) is 0 Å². The van der Waals surface area contributed by atoms with Crippen LogP contribution in [0.2, 0.25) is 0 Å². The molecule has 1 radical (unpaired) electrons. The fourth-order valence-corrected chi connectivity index (χ4v) is 0. The van der Waals surface area contributed by atoms with E-state index >= 15 is 0 Å². The van der Waals surface area contributed by atoms with Crippen LogP contribution in [-0.2, 0) is 26.7 Å². The molecule has 0 fully saturated rings. The first-order valence-corrected chi connectivity index (χ1v) is 1.86. The van der Waals surface area contributed by atoms with Crippen LogP contribution in [0.1, 0.15) is 13.8 Å². The molecule has 0 saturated carbocycles. The monoisotopic (exact) mass is 229 g/mol. The first-order chi connectivity index (χ1) is 3.46. The van der Waals surface area contributed by atoms with E-state index in [1.54, 1.807) is 0 Å². The molecule has 0 saturated heterocycles. The minimum Gasteiger partial charge on any atom is -0.481 e. The number of carboxylic acid groups (broad SMARTS) is 2. The molecular weight excluding hydrogens is 215 g/mol. The molecule has 0 amide bonds. The van der Waals surface area contributed by atoms with Crippen LogP contribution >= 0.6 is 0 Å². The van der Waals surface area contributed by atoms with E-state index in [-0.39, 0.29) is 33.5 Å². The average Bonchev–Trinajstić information content (AvgIpc) is 1.25. The van der Waals surface area contributed by atoms with Crippen molar-refractivity contribution < 1.29 is 53.3 Å². The third-order valence-corrected chi connectivity index (χ3v) is 0. The van der Waals surface area contributed by atoms with Crippen molar-refractivity contribution in [3.8, 4) is 0 Å². The van der Waals surface area contributed by atoms with Gasteiger partial charge in [-0.25, -0.2) is 0 Å². The SMILES string of the molecule is CC(=O)O.CC(=O)O.O.O.O.[Mn]. The van der Waals surface area contributed by atoms with Crippen molar-refractivity contribution in [1.82, 2.24) is 0 Å². The molecule has 12 heavy (non-hydrogen) atoms. The predicted octanol–water partition coefficient (Wildman–Crippen LogP) is -2.29. The minimum atomic E-state index is -0.833. The summed E-state index contributed by atoms with van der Waals surface area (Å²) in [5.41, 5.74) is 0. The quantitative estimate of drug-likeness (QED) is 0.445. The third kappa shape index (κ3) is 1490. The Hall–Kier alpha value is -0.661. The van der Waals surface area contributed by atoms with Crippen LogP contribution < -0.4 is 0 Å². The summed E-state index contributed by atoms with van der Waals surface area (Å²) in [5.74, 6) is -1.67. The molecular formula is C4H14MnO7. The molecule has 0 spiro atoms. The van der Waals surface area contributed by atoms with E-state index in [4.69, 9.17) is 19.8 Å². The van der Waals surface area contributed by atoms with Gasteiger partial charge in [0.15, 0.2) is 0 Å². The molecule has 0 aliphatic carbocycles. The van der Waals surface area contributed by atoms with Gasteiger partial charge in [0.05, 0.1) is 0 Å². The Morgan fingerprint density at radius 2 is 0.833 bits per heavy atom. The van der Waals surface area contributed by atoms with Gasteiger partial charge in [0, 0.05) is 30.9 Å². The molecule has 0 rings (SSSR count). The summed E-state index contributed by atoms with van der Waals surface area (Å²) in [6, 6.07) is 0. The number of aliphatic carboxylic acids is 2. The first-order valence-electron chi connectivity index (χ1n) is 1.86. The van der Waals surface area contributed by atoms with Crippen molar-refractivity contribution in [3.05, 3.63) is 0 Å². The molecule has 0 heterocycles. The van der Waals surface area contributed by atoms with Gasteiger partial charge in [0.2, 0.25) is 0 Å². The molecule has 79 valence electrons. The standard InChI is InChI=1S/2C2H4O2.Mn.3H2O/c2*1-2(3)4;;;;/h2*1H3,(H,3,4);;3*1H2.